The second-order valence-electron chi connectivity index (χ2n) is 6.17. The Labute approximate surface area is 146 Å². The Hall–Kier alpha value is -2.89. The third kappa shape index (κ3) is 4.35. The molecule has 1 aliphatic rings. The van der Waals surface area contributed by atoms with Crippen LogP contribution in [-0.4, -0.2) is 34.8 Å². The van der Waals surface area contributed by atoms with Gasteiger partial charge in [-0.1, -0.05) is 12.1 Å². The van der Waals surface area contributed by atoms with Crippen LogP contribution in [0.4, 0.5) is 0 Å². The number of likely N-dealkylation sites (tertiary alicyclic amines) is 1. The predicted molar refractivity (Wildman–Crippen MR) is 92.8 cm³/mol. The highest BCUT2D eigenvalue weighted by atomic mass is 16.5. The van der Waals surface area contributed by atoms with Gasteiger partial charge in [0.05, 0.1) is 5.92 Å². The maximum absolute atomic E-state index is 12.7. The van der Waals surface area contributed by atoms with E-state index < -0.39 is 0 Å². The number of primary amides is 1. The third-order valence-electron chi connectivity index (χ3n) is 4.32. The van der Waals surface area contributed by atoms with Gasteiger partial charge in [0.25, 0.3) is 5.91 Å². The fourth-order valence-electron chi connectivity index (χ4n) is 2.95. The SMILES string of the molecule is NC(=O)C1CCCN(C(=O)c2cccc(OCc3cccnc3)c2)C1. The van der Waals surface area contributed by atoms with E-state index >= 15 is 0 Å². The van der Waals surface area contributed by atoms with Crippen LogP contribution < -0.4 is 10.5 Å². The summed E-state index contributed by atoms with van der Waals surface area (Å²) >= 11 is 0. The Bertz CT molecular complexity index is 749. The molecule has 1 aliphatic heterocycles. The Morgan fingerprint density at radius 1 is 1.28 bits per heavy atom. The number of ether oxygens (including phenoxy) is 1. The molecule has 0 bridgehead atoms. The molecule has 6 nitrogen and oxygen atoms in total. The monoisotopic (exact) mass is 339 g/mol. The van der Waals surface area contributed by atoms with Gasteiger partial charge in [0.1, 0.15) is 12.4 Å². The maximum Gasteiger partial charge on any atom is 0.254 e. The minimum atomic E-state index is -0.342. The summed E-state index contributed by atoms with van der Waals surface area (Å²) in [6.07, 6.45) is 4.98. The van der Waals surface area contributed by atoms with Gasteiger partial charge in [0.2, 0.25) is 5.91 Å². The van der Waals surface area contributed by atoms with E-state index in [1.54, 1.807) is 35.5 Å². The van der Waals surface area contributed by atoms with Crippen molar-refractivity contribution in [2.75, 3.05) is 13.1 Å². The van der Waals surface area contributed by atoms with Gasteiger partial charge >= 0.3 is 0 Å². The van der Waals surface area contributed by atoms with Crippen LogP contribution in [0.5, 0.6) is 5.75 Å². The predicted octanol–water partition coefficient (Wildman–Crippen LogP) is 2.00. The number of carbonyl (C=O) groups is 2. The highest BCUT2D eigenvalue weighted by Gasteiger charge is 2.27. The zero-order valence-electron chi connectivity index (χ0n) is 13.9. The van der Waals surface area contributed by atoms with Gasteiger partial charge in [-0.3, -0.25) is 14.6 Å². The summed E-state index contributed by atoms with van der Waals surface area (Å²) < 4.78 is 5.74. The summed E-state index contributed by atoms with van der Waals surface area (Å²) in [6, 6.07) is 10.9. The van der Waals surface area contributed by atoms with Gasteiger partial charge in [-0.15, -0.1) is 0 Å². The third-order valence-corrected chi connectivity index (χ3v) is 4.32. The minimum absolute atomic E-state index is 0.0993. The lowest BCUT2D eigenvalue weighted by Gasteiger charge is -2.31. The summed E-state index contributed by atoms with van der Waals surface area (Å²) in [5, 5.41) is 0. The second kappa shape index (κ2) is 7.79. The number of nitrogens with two attached hydrogens (primary N) is 1. The summed E-state index contributed by atoms with van der Waals surface area (Å²) in [4.78, 5) is 29.8. The van der Waals surface area contributed by atoms with Crippen LogP contribution in [0.1, 0.15) is 28.8 Å². The Balaban J connectivity index is 1.66. The lowest BCUT2D eigenvalue weighted by molar-refractivity contribution is -0.123. The molecule has 2 amide bonds. The molecule has 1 fully saturated rings. The van der Waals surface area contributed by atoms with Crippen LogP contribution in [0, 0.1) is 5.92 Å². The van der Waals surface area contributed by atoms with Crippen LogP contribution in [0.25, 0.3) is 0 Å². The zero-order chi connectivity index (χ0) is 17.6. The molecule has 0 aliphatic carbocycles. The van der Waals surface area contributed by atoms with Crippen molar-refractivity contribution in [3.8, 4) is 5.75 Å². The summed E-state index contributed by atoms with van der Waals surface area (Å²) in [6.45, 7) is 1.41. The van der Waals surface area contributed by atoms with Crippen molar-refractivity contribution in [3.05, 3.63) is 59.9 Å². The van der Waals surface area contributed by atoms with Crippen LogP contribution in [0.15, 0.2) is 48.8 Å². The van der Waals surface area contributed by atoms with Crippen molar-refractivity contribution in [2.24, 2.45) is 11.7 Å². The van der Waals surface area contributed by atoms with Crippen molar-refractivity contribution in [2.45, 2.75) is 19.4 Å². The van der Waals surface area contributed by atoms with Crippen molar-refractivity contribution in [3.63, 3.8) is 0 Å². The Morgan fingerprint density at radius 3 is 2.92 bits per heavy atom. The fraction of sp³-hybridized carbons (Fsp3) is 0.316. The van der Waals surface area contributed by atoms with Crippen LogP contribution in [0.3, 0.4) is 0 Å². The van der Waals surface area contributed by atoms with Gasteiger partial charge in [0.15, 0.2) is 0 Å². The molecule has 1 aromatic carbocycles. The first-order valence-corrected chi connectivity index (χ1v) is 8.34. The van der Waals surface area contributed by atoms with Gasteiger partial charge < -0.3 is 15.4 Å². The number of benzene rings is 1. The van der Waals surface area contributed by atoms with E-state index in [4.69, 9.17) is 10.5 Å². The number of hydrogen-bond acceptors (Lipinski definition) is 4. The number of rotatable bonds is 5. The number of pyridine rings is 1. The first kappa shape index (κ1) is 17.0. The summed E-state index contributed by atoms with van der Waals surface area (Å²) in [7, 11) is 0. The first-order chi connectivity index (χ1) is 12.1. The molecule has 130 valence electrons. The molecule has 1 aromatic heterocycles. The molecule has 2 aromatic rings. The lowest BCUT2D eigenvalue weighted by atomic mass is 9.97. The van der Waals surface area contributed by atoms with Crippen LogP contribution >= 0.6 is 0 Å². The molecule has 6 heteroatoms. The van der Waals surface area contributed by atoms with Crippen LogP contribution in [0.2, 0.25) is 0 Å². The van der Waals surface area contributed by atoms with Gasteiger partial charge in [-0.2, -0.15) is 0 Å². The van der Waals surface area contributed by atoms with Gasteiger partial charge in [-0.05, 0) is 37.1 Å². The highest BCUT2D eigenvalue weighted by molar-refractivity contribution is 5.95. The second-order valence-corrected chi connectivity index (χ2v) is 6.17. The normalized spacial score (nSPS) is 17.1. The molecule has 1 saturated heterocycles. The molecule has 2 N–H and O–H groups in total. The fourth-order valence-corrected chi connectivity index (χ4v) is 2.95. The average Bonchev–Trinajstić information content (AvgIpc) is 2.67. The summed E-state index contributed by atoms with van der Waals surface area (Å²) in [5.74, 6) is -0.0790. The zero-order valence-corrected chi connectivity index (χ0v) is 13.9. The molecule has 1 unspecified atom stereocenters. The number of aromatic nitrogens is 1. The van der Waals surface area contributed by atoms with E-state index in [-0.39, 0.29) is 17.7 Å². The Morgan fingerprint density at radius 2 is 2.16 bits per heavy atom. The largest absolute Gasteiger partial charge is 0.489 e. The molecule has 0 radical (unpaired) electrons. The number of carbonyl (C=O) groups excluding carboxylic acids is 2. The number of piperidine rings is 1. The van der Waals surface area contributed by atoms with Crippen molar-refractivity contribution < 1.29 is 14.3 Å². The molecule has 0 spiro atoms. The standard InChI is InChI=1S/C19H21N3O3/c20-18(23)16-6-3-9-22(12-16)19(24)15-5-1-7-17(10-15)25-13-14-4-2-8-21-11-14/h1-2,4-5,7-8,10-11,16H,3,6,9,12-13H2,(H2,20,23). The topological polar surface area (TPSA) is 85.5 Å². The highest BCUT2D eigenvalue weighted by Crippen LogP contribution is 2.21. The first-order valence-electron chi connectivity index (χ1n) is 8.34. The van der Waals surface area contributed by atoms with Gasteiger partial charge in [0, 0.05) is 36.6 Å². The maximum atomic E-state index is 12.7. The lowest BCUT2D eigenvalue weighted by Crippen LogP contribution is -2.44. The van der Waals surface area contributed by atoms with Gasteiger partial charge in [-0.25, -0.2) is 0 Å². The summed E-state index contributed by atoms with van der Waals surface area (Å²) in [5.41, 5.74) is 6.89. The average molecular weight is 339 g/mol. The Kier molecular flexibility index (Phi) is 5.28. The van der Waals surface area contributed by atoms with Crippen molar-refractivity contribution in [1.82, 2.24) is 9.88 Å². The van der Waals surface area contributed by atoms with E-state index in [1.807, 2.05) is 18.2 Å². The molecule has 3 rings (SSSR count). The van der Waals surface area contributed by atoms with Crippen molar-refractivity contribution in [1.29, 1.82) is 0 Å². The molecule has 2 heterocycles. The number of nitrogens with zero attached hydrogens (tertiary/aromatic N) is 2. The smallest absolute Gasteiger partial charge is 0.254 e. The van der Waals surface area contributed by atoms with Crippen molar-refractivity contribution >= 4 is 11.8 Å². The minimum Gasteiger partial charge on any atom is -0.489 e. The van der Waals surface area contributed by atoms with E-state index in [1.165, 1.54) is 0 Å². The molecule has 25 heavy (non-hydrogen) atoms. The molecular formula is C19H21N3O3. The quantitative estimate of drug-likeness (QED) is 0.903. The number of amides is 2. The van der Waals surface area contributed by atoms with E-state index in [0.717, 1.165) is 18.4 Å². The van der Waals surface area contributed by atoms with E-state index in [9.17, 15) is 9.59 Å². The molecule has 1 atom stereocenters. The van der Waals surface area contributed by atoms with E-state index in [2.05, 4.69) is 4.98 Å². The molecule has 0 saturated carbocycles. The number of hydrogen-bond donors (Lipinski definition) is 1. The molecular weight excluding hydrogens is 318 g/mol. The van der Waals surface area contributed by atoms with E-state index in [0.29, 0.717) is 31.0 Å². The van der Waals surface area contributed by atoms with Crippen LogP contribution in [-0.2, 0) is 11.4 Å².